The second-order valence-electron chi connectivity index (χ2n) is 5.29. The molecular weight excluding hydrogens is 214 g/mol. The lowest BCUT2D eigenvalue weighted by Gasteiger charge is -2.36. The molecule has 0 saturated carbocycles. The van der Waals surface area contributed by atoms with E-state index in [1.807, 2.05) is 24.3 Å². The van der Waals surface area contributed by atoms with E-state index in [2.05, 4.69) is 24.1 Å². The van der Waals surface area contributed by atoms with Gasteiger partial charge in [0.25, 0.3) is 0 Å². The van der Waals surface area contributed by atoms with E-state index in [4.69, 9.17) is 5.73 Å². The fourth-order valence-electron chi connectivity index (χ4n) is 2.03. The monoisotopic (exact) mass is 233 g/mol. The number of nitrogens with two attached hydrogens (primary N) is 1. The summed E-state index contributed by atoms with van der Waals surface area (Å²) in [6.45, 7) is 6.02. The average Bonchev–Trinajstić information content (AvgIpc) is 2.28. The highest BCUT2D eigenvalue weighted by Gasteiger charge is 2.26. The lowest BCUT2D eigenvalue weighted by atomic mass is 9.92. The van der Waals surface area contributed by atoms with E-state index in [-0.39, 0.29) is 11.3 Å². The van der Waals surface area contributed by atoms with E-state index in [1.54, 1.807) is 0 Å². The summed E-state index contributed by atoms with van der Waals surface area (Å²) in [5, 5.41) is 2.88. The number of hydrogen-bond acceptors (Lipinski definition) is 3. The number of amides is 1. The molecule has 4 heteroatoms. The van der Waals surface area contributed by atoms with Crippen LogP contribution < -0.4 is 16.0 Å². The summed E-state index contributed by atoms with van der Waals surface area (Å²) in [6, 6.07) is 7.87. The van der Waals surface area contributed by atoms with Crippen molar-refractivity contribution in [2.24, 2.45) is 11.1 Å². The van der Waals surface area contributed by atoms with Gasteiger partial charge in [0.15, 0.2) is 0 Å². The molecule has 0 saturated heterocycles. The lowest BCUT2D eigenvalue weighted by molar-refractivity contribution is -0.115. The van der Waals surface area contributed by atoms with Gasteiger partial charge < -0.3 is 16.0 Å². The van der Waals surface area contributed by atoms with Crippen LogP contribution in [0.5, 0.6) is 0 Å². The molecule has 0 atom stereocenters. The van der Waals surface area contributed by atoms with Crippen molar-refractivity contribution in [2.45, 2.75) is 13.8 Å². The molecule has 0 aliphatic carbocycles. The number of para-hydroxylation sites is 2. The molecule has 4 nitrogen and oxygen atoms in total. The van der Waals surface area contributed by atoms with Crippen LogP contribution in [0.2, 0.25) is 0 Å². The summed E-state index contributed by atoms with van der Waals surface area (Å²) in [4.78, 5) is 13.7. The van der Waals surface area contributed by atoms with Crippen molar-refractivity contribution in [3.05, 3.63) is 24.3 Å². The van der Waals surface area contributed by atoms with Crippen LogP contribution in [0.25, 0.3) is 0 Å². The molecule has 2 rings (SSSR count). The highest BCUT2D eigenvalue weighted by Crippen LogP contribution is 2.31. The Morgan fingerprint density at radius 1 is 1.41 bits per heavy atom. The molecular formula is C13H19N3O. The molecule has 1 heterocycles. The predicted octanol–water partition coefficient (Wildman–Crippen LogP) is 1.43. The molecule has 1 amide bonds. The van der Waals surface area contributed by atoms with Crippen molar-refractivity contribution < 1.29 is 4.79 Å². The van der Waals surface area contributed by atoms with E-state index >= 15 is 0 Å². The number of fused-ring (bicyclic) bond motifs is 1. The van der Waals surface area contributed by atoms with Crippen LogP contribution in [0.3, 0.4) is 0 Å². The number of carbonyl (C=O) groups excluding carboxylic acids is 1. The van der Waals surface area contributed by atoms with E-state index < -0.39 is 0 Å². The first-order valence-corrected chi connectivity index (χ1v) is 5.86. The van der Waals surface area contributed by atoms with Gasteiger partial charge >= 0.3 is 0 Å². The van der Waals surface area contributed by atoms with Gasteiger partial charge in [-0.1, -0.05) is 26.0 Å². The van der Waals surface area contributed by atoms with Crippen molar-refractivity contribution >= 4 is 17.3 Å². The van der Waals surface area contributed by atoms with E-state index in [0.717, 1.165) is 17.9 Å². The summed E-state index contributed by atoms with van der Waals surface area (Å²) >= 11 is 0. The second kappa shape index (κ2) is 4.37. The fraction of sp³-hybridized carbons (Fsp3) is 0.462. The number of nitrogens with one attached hydrogen (secondary N) is 1. The van der Waals surface area contributed by atoms with Crippen molar-refractivity contribution in [3.63, 3.8) is 0 Å². The van der Waals surface area contributed by atoms with Gasteiger partial charge in [0.1, 0.15) is 0 Å². The van der Waals surface area contributed by atoms with Crippen LogP contribution in [0.15, 0.2) is 24.3 Å². The Bertz CT molecular complexity index is 428. The zero-order chi connectivity index (χ0) is 12.5. The number of carbonyl (C=O) groups is 1. The third-order valence-corrected chi connectivity index (χ3v) is 3.02. The Kier molecular flexibility index (Phi) is 3.07. The molecule has 92 valence electrons. The number of anilines is 2. The summed E-state index contributed by atoms with van der Waals surface area (Å²) in [7, 11) is 0. The number of benzene rings is 1. The van der Waals surface area contributed by atoms with Gasteiger partial charge in [-0.3, -0.25) is 4.79 Å². The molecule has 1 aromatic carbocycles. The molecule has 1 aromatic rings. The first kappa shape index (κ1) is 11.9. The highest BCUT2D eigenvalue weighted by molar-refractivity contribution is 6.01. The molecule has 0 fully saturated rings. The zero-order valence-corrected chi connectivity index (χ0v) is 10.4. The highest BCUT2D eigenvalue weighted by atomic mass is 16.2. The van der Waals surface area contributed by atoms with Crippen LogP contribution in [0, 0.1) is 5.41 Å². The van der Waals surface area contributed by atoms with Gasteiger partial charge in [-0.25, -0.2) is 0 Å². The van der Waals surface area contributed by atoms with Crippen LogP contribution in [-0.2, 0) is 4.79 Å². The number of rotatable bonds is 3. The maximum atomic E-state index is 11.6. The second-order valence-corrected chi connectivity index (χ2v) is 5.29. The van der Waals surface area contributed by atoms with Crippen molar-refractivity contribution in [1.82, 2.24) is 0 Å². The van der Waals surface area contributed by atoms with E-state index in [9.17, 15) is 4.79 Å². The smallest absolute Gasteiger partial charge is 0.243 e. The molecule has 1 aliphatic heterocycles. The quantitative estimate of drug-likeness (QED) is 0.830. The standard InChI is InChI=1S/C13H19N3O/c1-13(2,8-14)9-16-7-12(17)15-10-5-3-4-6-11(10)16/h3-6H,7-9,14H2,1-2H3,(H,15,17). The maximum Gasteiger partial charge on any atom is 0.243 e. The molecule has 0 aromatic heterocycles. The van der Waals surface area contributed by atoms with Crippen molar-refractivity contribution in [2.75, 3.05) is 29.9 Å². The first-order valence-electron chi connectivity index (χ1n) is 5.86. The van der Waals surface area contributed by atoms with E-state index in [1.165, 1.54) is 0 Å². The van der Waals surface area contributed by atoms with Crippen LogP contribution in [0.4, 0.5) is 11.4 Å². The third-order valence-electron chi connectivity index (χ3n) is 3.02. The topological polar surface area (TPSA) is 58.4 Å². The third kappa shape index (κ3) is 2.58. The summed E-state index contributed by atoms with van der Waals surface area (Å²) in [6.07, 6.45) is 0. The molecule has 0 spiro atoms. The molecule has 17 heavy (non-hydrogen) atoms. The first-order chi connectivity index (χ1) is 8.02. The summed E-state index contributed by atoms with van der Waals surface area (Å²) in [5.41, 5.74) is 7.72. The van der Waals surface area contributed by atoms with Gasteiger partial charge in [0.2, 0.25) is 5.91 Å². The molecule has 3 N–H and O–H groups in total. The van der Waals surface area contributed by atoms with Gasteiger partial charge in [-0.05, 0) is 24.1 Å². The molecule has 0 bridgehead atoms. The van der Waals surface area contributed by atoms with Crippen molar-refractivity contribution in [1.29, 1.82) is 0 Å². The zero-order valence-electron chi connectivity index (χ0n) is 10.4. The minimum Gasteiger partial charge on any atom is -0.360 e. The van der Waals surface area contributed by atoms with Gasteiger partial charge in [-0.15, -0.1) is 0 Å². The maximum absolute atomic E-state index is 11.6. The fourth-order valence-corrected chi connectivity index (χ4v) is 2.03. The normalized spacial score (nSPS) is 15.5. The predicted molar refractivity (Wildman–Crippen MR) is 70.1 cm³/mol. The van der Waals surface area contributed by atoms with E-state index in [0.29, 0.717) is 13.1 Å². The van der Waals surface area contributed by atoms with Gasteiger partial charge in [0, 0.05) is 6.54 Å². The Labute approximate surface area is 102 Å². The molecule has 0 unspecified atom stereocenters. The Morgan fingerprint density at radius 2 is 2.12 bits per heavy atom. The minimum atomic E-state index is 0.00469. The molecule has 1 aliphatic rings. The van der Waals surface area contributed by atoms with Crippen LogP contribution >= 0.6 is 0 Å². The van der Waals surface area contributed by atoms with Crippen molar-refractivity contribution in [3.8, 4) is 0 Å². The van der Waals surface area contributed by atoms with Crippen LogP contribution in [-0.4, -0.2) is 25.5 Å². The summed E-state index contributed by atoms with van der Waals surface area (Å²) in [5.74, 6) is 0.0384. The summed E-state index contributed by atoms with van der Waals surface area (Å²) < 4.78 is 0. The minimum absolute atomic E-state index is 0.00469. The number of hydrogen-bond donors (Lipinski definition) is 2. The Morgan fingerprint density at radius 3 is 2.82 bits per heavy atom. The largest absolute Gasteiger partial charge is 0.360 e. The van der Waals surface area contributed by atoms with Crippen LogP contribution in [0.1, 0.15) is 13.8 Å². The average molecular weight is 233 g/mol. The lowest BCUT2D eigenvalue weighted by Crippen LogP contribution is -2.45. The molecule has 0 radical (unpaired) electrons. The van der Waals surface area contributed by atoms with Gasteiger partial charge in [-0.2, -0.15) is 0 Å². The SMILES string of the molecule is CC(C)(CN)CN1CC(=O)Nc2ccccc21. The Hall–Kier alpha value is -1.55. The van der Waals surface area contributed by atoms with Gasteiger partial charge in [0.05, 0.1) is 17.9 Å². The Balaban J connectivity index is 2.27. The number of nitrogens with zero attached hydrogens (tertiary/aromatic N) is 1.